The van der Waals surface area contributed by atoms with E-state index in [1.165, 1.54) is 12.3 Å². The van der Waals surface area contributed by atoms with Crippen molar-refractivity contribution < 1.29 is 9.21 Å². The molecule has 2 heterocycles. The number of benzene rings is 1. The zero-order chi connectivity index (χ0) is 17.6. The molecule has 0 spiro atoms. The number of anilines is 1. The first-order chi connectivity index (χ1) is 12.2. The van der Waals surface area contributed by atoms with Gasteiger partial charge in [0.15, 0.2) is 0 Å². The maximum absolute atomic E-state index is 12.2. The summed E-state index contributed by atoms with van der Waals surface area (Å²) in [7, 11) is 0. The van der Waals surface area contributed by atoms with Crippen LogP contribution >= 0.6 is 0 Å². The standard InChI is InChI=1S/C19H16N4O2/c1-14-21-8-9-23(14)13-15-4-6-17(7-5-15)22-19(24)16(12-20)11-18-3-2-10-25-18/h2-11H,13H2,1H3,(H,22,24)/b16-11+. The highest BCUT2D eigenvalue weighted by Crippen LogP contribution is 2.14. The molecule has 0 radical (unpaired) electrons. The lowest BCUT2D eigenvalue weighted by Gasteiger charge is -2.08. The van der Waals surface area contributed by atoms with Crippen LogP contribution in [0.1, 0.15) is 17.1 Å². The van der Waals surface area contributed by atoms with Gasteiger partial charge in [-0.3, -0.25) is 4.79 Å². The van der Waals surface area contributed by atoms with Gasteiger partial charge in [0, 0.05) is 30.7 Å². The molecule has 124 valence electrons. The average Bonchev–Trinajstić information content (AvgIpc) is 3.26. The van der Waals surface area contributed by atoms with Crippen molar-refractivity contribution in [2.75, 3.05) is 5.32 Å². The Kier molecular flexibility index (Phi) is 4.77. The zero-order valence-electron chi connectivity index (χ0n) is 13.6. The molecule has 0 fully saturated rings. The van der Waals surface area contributed by atoms with Gasteiger partial charge in [0.05, 0.1) is 6.26 Å². The van der Waals surface area contributed by atoms with E-state index in [0.29, 0.717) is 18.0 Å². The zero-order valence-corrected chi connectivity index (χ0v) is 13.6. The van der Waals surface area contributed by atoms with Gasteiger partial charge in [0.1, 0.15) is 23.2 Å². The Labute approximate surface area is 145 Å². The number of nitrogens with zero attached hydrogens (tertiary/aromatic N) is 3. The lowest BCUT2D eigenvalue weighted by molar-refractivity contribution is -0.112. The summed E-state index contributed by atoms with van der Waals surface area (Å²) in [4.78, 5) is 16.4. The third kappa shape index (κ3) is 4.03. The second kappa shape index (κ2) is 7.32. The number of nitriles is 1. The quantitative estimate of drug-likeness (QED) is 0.573. The van der Waals surface area contributed by atoms with Crippen LogP contribution in [0.2, 0.25) is 0 Å². The number of amides is 1. The monoisotopic (exact) mass is 332 g/mol. The van der Waals surface area contributed by atoms with E-state index < -0.39 is 5.91 Å². The van der Waals surface area contributed by atoms with Crippen LogP contribution in [-0.4, -0.2) is 15.5 Å². The average molecular weight is 332 g/mol. The summed E-state index contributed by atoms with van der Waals surface area (Å²) in [6.07, 6.45) is 6.58. The molecule has 0 atom stereocenters. The summed E-state index contributed by atoms with van der Waals surface area (Å²) >= 11 is 0. The molecule has 0 bridgehead atoms. The summed E-state index contributed by atoms with van der Waals surface area (Å²) in [5, 5.41) is 11.9. The molecule has 3 aromatic rings. The van der Waals surface area contributed by atoms with Crippen LogP contribution in [0.25, 0.3) is 6.08 Å². The molecule has 6 nitrogen and oxygen atoms in total. The van der Waals surface area contributed by atoms with Gasteiger partial charge in [-0.15, -0.1) is 0 Å². The molecule has 0 unspecified atom stereocenters. The lowest BCUT2D eigenvalue weighted by Crippen LogP contribution is -2.13. The fraction of sp³-hybridized carbons (Fsp3) is 0.105. The molecule has 6 heteroatoms. The third-order valence-corrected chi connectivity index (χ3v) is 3.68. The Balaban J connectivity index is 1.67. The minimum absolute atomic E-state index is 0.0203. The van der Waals surface area contributed by atoms with Crippen molar-refractivity contribution in [2.45, 2.75) is 13.5 Å². The molecule has 1 aromatic carbocycles. The van der Waals surface area contributed by atoms with Crippen molar-refractivity contribution >= 4 is 17.7 Å². The van der Waals surface area contributed by atoms with Crippen LogP contribution in [-0.2, 0) is 11.3 Å². The summed E-state index contributed by atoms with van der Waals surface area (Å²) in [6, 6.07) is 12.7. The van der Waals surface area contributed by atoms with Gasteiger partial charge in [-0.05, 0) is 36.8 Å². The van der Waals surface area contributed by atoms with Crippen molar-refractivity contribution in [3.05, 3.63) is 77.8 Å². The number of nitrogens with one attached hydrogen (secondary N) is 1. The second-order valence-corrected chi connectivity index (χ2v) is 5.44. The number of aryl methyl sites for hydroxylation is 1. The number of furan rings is 1. The van der Waals surface area contributed by atoms with Gasteiger partial charge in [-0.2, -0.15) is 5.26 Å². The smallest absolute Gasteiger partial charge is 0.266 e. The molecule has 0 aliphatic heterocycles. The van der Waals surface area contributed by atoms with Crippen molar-refractivity contribution in [1.82, 2.24) is 9.55 Å². The summed E-state index contributed by atoms with van der Waals surface area (Å²) in [5.41, 5.74) is 1.69. The van der Waals surface area contributed by atoms with E-state index in [1.54, 1.807) is 30.5 Å². The molecule has 0 saturated heterocycles. The fourth-order valence-corrected chi connectivity index (χ4v) is 2.32. The predicted molar refractivity (Wildman–Crippen MR) is 93.4 cm³/mol. The van der Waals surface area contributed by atoms with E-state index in [1.807, 2.05) is 35.9 Å². The molecule has 1 amide bonds. The number of hydrogen-bond donors (Lipinski definition) is 1. The highest BCUT2D eigenvalue weighted by atomic mass is 16.3. The van der Waals surface area contributed by atoms with Crippen LogP contribution in [0.5, 0.6) is 0 Å². The maximum Gasteiger partial charge on any atom is 0.266 e. The SMILES string of the molecule is Cc1nccn1Cc1ccc(NC(=O)/C(C#N)=C/c2ccco2)cc1. The topological polar surface area (TPSA) is 83.9 Å². The summed E-state index contributed by atoms with van der Waals surface area (Å²) in [6.45, 7) is 2.66. The van der Waals surface area contributed by atoms with Crippen LogP contribution < -0.4 is 5.32 Å². The largest absolute Gasteiger partial charge is 0.465 e. The van der Waals surface area contributed by atoms with Crippen molar-refractivity contribution in [2.24, 2.45) is 0 Å². The third-order valence-electron chi connectivity index (χ3n) is 3.68. The van der Waals surface area contributed by atoms with Gasteiger partial charge in [-0.1, -0.05) is 12.1 Å². The summed E-state index contributed by atoms with van der Waals surface area (Å²) < 4.78 is 7.16. The fourth-order valence-electron chi connectivity index (χ4n) is 2.32. The highest BCUT2D eigenvalue weighted by Gasteiger charge is 2.10. The molecule has 25 heavy (non-hydrogen) atoms. The number of rotatable bonds is 5. The van der Waals surface area contributed by atoms with Gasteiger partial charge in [0.2, 0.25) is 0 Å². The normalized spacial score (nSPS) is 11.1. The molecular weight excluding hydrogens is 316 g/mol. The Hall–Kier alpha value is -3.59. The molecule has 0 aliphatic rings. The van der Waals surface area contributed by atoms with E-state index in [2.05, 4.69) is 10.3 Å². The number of carbonyl (C=O) groups excluding carboxylic acids is 1. The van der Waals surface area contributed by atoms with Crippen LogP contribution in [0.4, 0.5) is 5.69 Å². The minimum Gasteiger partial charge on any atom is -0.465 e. The minimum atomic E-state index is -0.475. The van der Waals surface area contributed by atoms with Crippen molar-refractivity contribution in [1.29, 1.82) is 5.26 Å². The van der Waals surface area contributed by atoms with Gasteiger partial charge >= 0.3 is 0 Å². The maximum atomic E-state index is 12.2. The molecule has 1 N–H and O–H groups in total. The van der Waals surface area contributed by atoms with Gasteiger partial charge in [0.25, 0.3) is 5.91 Å². The van der Waals surface area contributed by atoms with Crippen molar-refractivity contribution in [3.63, 3.8) is 0 Å². The van der Waals surface area contributed by atoms with E-state index >= 15 is 0 Å². The summed E-state index contributed by atoms with van der Waals surface area (Å²) in [5.74, 6) is 0.925. The Morgan fingerprint density at radius 2 is 2.16 bits per heavy atom. The van der Waals surface area contributed by atoms with Crippen LogP contribution in [0.15, 0.2) is 65.0 Å². The number of aromatic nitrogens is 2. The number of imidazole rings is 1. The Morgan fingerprint density at radius 1 is 1.36 bits per heavy atom. The molecule has 3 rings (SSSR count). The van der Waals surface area contributed by atoms with E-state index in [0.717, 1.165) is 11.4 Å². The van der Waals surface area contributed by atoms with Gasteiger partial charge in [-0.25, -0.2) is 4.98 Å². The molecule has 2 aromatic heterocycles. The van der Waals surface area contributed by atoms with Crippen LogP contribution in [0, 0.1) is 18.3 Å². The number of carbonyl (C=O) groups is 1. The first kappa shape index (κ1) is 16.3. The van der Waals surface area contributed by atoms with E-state index in [4.69, 9.17) is 9.68 Å². The first-order valence-corrected chi connectivity index (χ1v) is 7.69. The molecular formula is C19H16N4O2. The van der Waals surface area contributed by atoms with Gasteiger partial charge < -0.3 is 14.3 Å². The number of hydrogen-bond acceptors (Lipinski definition) is 4. The highest BCUT2D eigenvalue weighted by molar-refractivity contribution is 6.09. The van der Waals surface area contributed by atoms with Crippen LogP contribution in [0.3, 0.4) is 0 Å². The molecule has 0 saturated carbocycles. The Bertz CT molecular complexity index is 929. The first-order valence-electron chi connectivity index (χ1n) is 7.69. The van der Waals surface area contributed by atoms with Crippen molar-refractivity contribution in [3.8, 4) is 6.07 Å². The molecule has 0 aliphatic carbocycles. The predicted octanol–water partition coefficient (Wildman–Crippen LogP) is 3.38. The van der Waals surface area contributed by atoms with E-state index in [9.17, 15) is 4.79 Å². The second-order valence-electron chi connectivity index (χ2n) is 5.44. The lowest BCUT2D eigenvalue weighted by atomic mass is 10.2. The van der Waals surface area contributed by atoms with E-state index in [-0.39, 0.29) is 5.57 Å². The Morgan fingerprint density at radius 3 is 2.76 bits per heavy atom.